The van der Waals surface area contributed by atoms with Crippen molar-refractivity contribution in [3.63, 3.8) is 0 Å². The number of ether oxygens (including phenoxy) is 2. The zero-order chi connectivity index (χ0) is 24.0. The predicted molar refractivity (Wildman–Crippen MR) is 129 cm³/mol. The number of hydrogen-bond donors (Lipinski definition) is 2. The summed E-state index contributed by atoms with van der Waals surface area (Å²) >= 11 is 1.16. The van der Waals surface area contributed by atoms with Crippen molar-refractivity contribution in [1.82, 2.24) is 14.9 Å². The molecule has 3 aromatic rings. The van der Waals surface area contributed by atoms with E-state index in [0.717, 1.165) is 16.9 Å². The second-order valence-electron chi connectivity index (χ2n) is 8.17. The van der Waals surface area contributed by atoms with Crippen molar-refractivity contribution in [2.75, 3.05) is 19.8 Å². The van der Waals surface area contributed by atoms with Crippen molar-refractivity contribution in [3.8, 4) is 0 Å². The van der Waals surface area contributed by atoms with Gasteiger partial charge in [-0.05, 0) is 38.8 Å². The number of aliphatic hydroxyl groups is 1. The predicted octanol–water partition coefficient (Wildman–Crippen LogP) is 3.26. The van der Waals surface area contributed by atoms with Crippen LogP contribution in [0.15, 0.2) is 35.1 Å². The largest absolute Gasteiger partial charge is 0.459 e. The minimum Gasteiger partial charge on any atom is -0.459 e. The Labute approximate surface area is 197 Å². The first-order valence-electron chi connectivity index (χ1n) is 11.0. The highest BCUT2D eigenvalue weighted by Gasteiger charge is 2.22. The van der Waals surface area contributed by atoms with Crippen LogP contribution in [0.5, 0.6) is 0 Å². The average Bonchev–Trinajstić information content (AvgIpc) is 3.09. The first kappa shape index (κ1) is 25.0. The number of aromatic amines is 1. The molecule has 9 heteroatoms. The smallest absolute Gasteiger partial charge is 0.348 e. The fourth-order valence-electron chi connectivity index (χ4n) is 3.57. The number of aliphatic hydroxyl groups excluding tert-OH is 1. The molecule has 0 saturated carbocycles. The molecular weight excluding hydrogens is 442 g/mol. The van der Waals surface area contributed by atoms with E-state index in [2.05, 4.69) is 9.97 Å². The van der Waals surface area contributed by atoms with Gasteiger partial charge in [0.1, 0.15) is 15.5 Å². The summed E-state index contributed by atoms with van der Waals surface area (Å²) in [5.41, 5.74) is 1.37. The van der Waals surface area contributed by atoms with E-state index in [1.54, 1.807) is 20.8 Å². The van der Waals surface area contributed by atoms with E-state index in [0.29, 0.717) is 52.7 Å². The molecule has 2 heterocycles. The van der Waals surface area contributed by atoms with Gasteiger partial charge >= 0.3 is 5.97 Å². The molecule has 2 aromatic heterocycles. The van der Waals surface area contributed by atoms with E-state index >= 15 is 0 Å². The Morgan fingerprint density at radius 3 is 2.64 bits per heavy atom. The quantitative estimate of drug-likeness (QED) is 0.412. The van der Waals surface area contributed by atoms with Gasteiger partial charge < -0.3 is 19.6 Å². The Balaban J connectivity index is 1.87. The summed E-state index contributed by atoms with van der Waals surface area (Å²) in [5.74, 6) is 0.0215. The molecule has 178 valence electrons. The lowest BCUT2D eigenvalue weighted by Crippen LogP contribution is -2.35. The van der Waals surface area contributed by atoms with E-state index in [4.69, 9.17) is 9.47 Å². The number of fused-ring (bicyclic) bond motifs is 1. The molecule has 2 N–H and O–H groups in total. The number of esters is 1. The Morgan fingerprint density at radius 1 is 1.24 bits per heavy atom. The minimum absolute atomic E-state index is 0.232. The van der Waals surface area contributed by atoms with Gasteiger partial charge in [-0.1, -0.05) is 30.3 Å². The van der Waals surface area contributed by atoms with Gasteiger partial charge in [-0.15, -0.1) is 11.3 Å². The van der Waals surface area contributed by atoms with Gasteiger partial charge in [0.15, 0.2) is 0 Å². The summed E-state index contributed by atoms with van der Waals surface area (Å²) in [7, 11) is 0. The maximum absolute atomic E-state index is 12.9. The van der Waals surface area contributed by atoms with Gasteiger partial charge in [0.25, 0.3) is 5.56 Å². The summed E-state index contributed by atoms with van der Waals surface area (Å²) < 4.78 is 10.7. The fraction of sp³-hybridized carbons (Fsp3) is 0.458. The van der Waals surface area contributed by atoms with Crippen LogP contribution in [0.1, 0.15) is 47.4 Å². The number of thiophene rings is 1. The number of aryl methyl sites for hydroxylation is 1. The first-order chi connectivity index (χ1) is 15.8. The zero-order valence-corrected chi connectivity index (χ0v) is 20.3. The lowest BCUT2D eigenvalue weighted by Gasteiger charge is -2.24. The topological polar surface area (TPSA) is 105 Å². The number of benzene rings is 1. The molecule has 3 rings (SSSR count). The van der Waals surface area contributed by atoms with Crippen molar-refractivity contribution in [2.24, 2.45) is 0 Å². The van der Waals surface area contributed by atoms with Gasteiger partial charge in [-0.25, -0.2) is 9.78 Å². The van der Waals surface area contributed by atoms with Crippen LogP contribution in [-0.2, 0) is 22.6 Å². The Hall–Kier alpha value is -2.59. The Bertz CT molecular complexity index is 1130. The highest BCUT2D eigenvalue weighted by Crippen LogP contribution is 2.28. The molecular formula is C24H31N3O5S. The van der Waals surface area contributed by atoms with Gasteiger partial charge in [0, 0.05) is 19.7 Å². The van der Waals surface area contributed by atoms with E-state index in [-0.39, 0.29) is 18.3 Å². The second-order valence-corrected chi connectivity index (χ2v) is 9.17. The third kappa shape index (κ3) is 6.70. The Kier molecular flexibility index (Phi) is 8.74. The van der Waals surface area contributed by atoms with Crippen LogP contribution >= 0.6 is 11.3 Å². The molecule has 0 saturated heterocycles. The summed E-state index contributed by atoms with van der Waals surface area (Å²) in [6.07, 6.45) is -0.927. The summed E-state index contributed by atoms with van der Waals surface area (Å²) in [6, 6.07) is 9.89. The molecule has 0 aliphatic rings. The Morgan fingerprint density at radius 2 is 1.97 bits per heavy atom. The first-order valence-corrected chi connectivity index (χ1v) is 11.9. The van der Waals surface area contributed by atoms with Gasteiger partial charge in [-0.3, -0.25) is 9.69 Å². The van der Waals surface area contributed by atoms with E-state index in [1.807, 2.05) is 42.2 Å². The SMILES string of the molecule is CCOC[C@@H](O)CN(Cc1ccccc1)Cc1nc2sc(C(=O)OC(C)C)c(C)c2c(=O)[nH]1. The third-order valence-electron chi connectivity index (χ3n) is 4.98. The van der Waals surface area contributed by atoms with Crippen LogP contribution in [-0.4, -0.2) is 57.9 Å². The van der Waals surface area contributed by atoms with Crippen molar-refractivity contribution in [1.29, 1.82) is 0 Å². The molecule has 0 bridgehead atoms. The molecule has 0 aliphatic heterocycles. The molecule has 0 amide bonds. The molecule has 0 aliphatic carbocycles. The number of hydrogen-bond acceptors (Lipinski definition) is 8. The number of rotatable bonds is 11. The normalized spacial score (nSPS) is 12.6. The lowest BCUT2D eigenvalue weighted by molar-refractivity contribution is 0.0175. The van der Waals surface area contributed by atoms with Crippen LogP contribution in [0.2, 0.25) is 0 Å². The lowest BCUT2D eigenvalue weighted by atomic mass is 10.2. The van der Waals surface area contributed by atoms with E-state index in [9.17, 15) is 14.7 Å². The standard InChI is InChI=1S/C24H31N3O5S/c1-5-31-14-18(28)12-27(11-17-9-7-6-8-10-17)13-19-25-22(29)20-16(4)21(33-23(20)26-19)24(30)32-15(2)3/h6-10,15,18,28H,5,11-14H2,1-4H3,(H,25,26,29)/t18-/m0/s1. The van der Waals surface area contributed by atoms with Crippen LogP contribution in [0, 0.1) is 6.92 Å². The van der Waals surface area contributed by atoms with Crippen LogP contribution in [0.3, 0.4) is 0 Å². The van der Waals surface area contributed by atoms with Gasteiger partial charge in [-0.2, -0.15) is 0 Å². The molecule has 0 radical (unpaired) electrons. The van der Waals surface area contributed by atoms with Crippen LogP contribution in [0.4, 0.5) is 0 Å². The van der Waals surface area contributed by atoms with Crippen LogP contribution < -0.4 is 5.56 Å². The van der Waals surface area contributed by atoms with E-state index < -0.39 is 12.1 Å². The number of carbonyl (C=O) groups excluding carboxylic acids is 1. The fourth-order valence-corrected chi connectivity index (χ4v) is 4.65. The number of H-pyrrole nitrogens is 1. The molecule has 0 fully saturated rings. The highest BCUT2D eigenvalue weighted by molar-refractivity contribution is 7.20. The molecule has 33 heavy (non-hydrogen) atoms. The summed E-state index contributed by atoms with van der Waals surface area (Å²) in [6.45, 7) is 9.19. The molecule has 8 nitrogen and oxygen atoms in total. The highest BCUT2D eigenvalue weighted by atomic mass is 32.1. The van der Waals surface area contributed by atoms with Crippen molar-refractivity contribution >= 4 is 27.5 Å². The third-order valence-corrected chi connectivity index (χ3v) is 6.15. The molecule has 1 aromatic carbocycles. The summed E-state index contributed by atoms with van der Waals surface area (Å²) in [4.78, 5) is 35.7. The molecule has 0 spiro atoms. The zero-order valence-electron chi connectivity index (χ0n) is 19.5. The number of carbonyl (C=O) groups is 1. The van der Waals surface area contributed by atoms with Gasteiger partial charge in [0.05, 0.1) is 30.7 Å². The van der Waals surface area contributed by atoms with Crippen molar-refractivity contribution in [2.45, 2.75) is 53.0 Å². The van der Waals surface area contributed by atoms with Crippen LogP contribution in [0.25, 0.3) is 10.2 Å². The number of nitrogens with one attached hydrogen (secondary N) is 1. The number of nitrogens with zero attached hydrogens (tertiary/aromatic N) is 2. The molecule has 0 unspecified atom stereocenters. The van der Waals surface area contributed by atoms with Gasteiger partial charge in [0.2, 0.25) is 0 Å². The number of aromatic nitrogens is 2. The minimum atomic E-state index is -0.675. The monoisotopic (exact) mass is 473 g/mol. The summed E-state index contributed by atoms with van der Waals surface area (Å²) in [5, 5.41) is 10.8. The average molecular weight is 474 g/mol. The maximum Gasteiger partial charge on any atom is 0.348 e. The molecule has 1 atom stereocenters. The van der Waals surface area contributed by atoms with E-state index in [1.165, 1.54) is 0 Å². The van der Waals surface area contributed by atoms with Crippen molar-refractivity contribution < 1.29 is 19.4 Å². The second kappa shape index (κ2) is 11.5. The maximum atomic E-state index is 12.9. The van der Waals surface area contributed by atoms with Crippen molar-refractivity contribution in [3.05, 3.63) is 62.5 Å².